The molecular weight excluding hydrogens is 482 g/mol. The van der Waals surface area contributed by atoms with E-state index in [9.17, 15) is 29.7 Å². The van der Waals surface area contributed by atoms with Gasteiger partial charge in [-0.15, -0.1) is 0 Å². The monoisotopic (exact) mass is 540 g/mol. The van der Waals surface area contributed by atoms with Gasteiger partial charge in [0.2, 0.25) is 0 Å². The van der Waals surface area contributed by atoms with E-state index in [4.69, 9.17) is 0 Å². The van der Waals surface area contributed by atoms with Crippen LogP contribution >= 0.6 is 0 Å². The second kappa shape index (κ2) is 22.0. The van der Waals surface area contributed by atoms with Crippen LogP contribution in [0.25, 0.3) is 0 Å². The van der Waals surface area contributed by atoms with Crippen molar-refractivity contribution in [3.05, 3.63) is 12.2 Å². The van der Waals surface area contributed by atoms with Crippen molar-refractivity contribution in [3.8, 4) is 0 Å². The zero-order valence-electron chi connectivity index (χ0n) is 24.8. The van der Waals surface area contributed by atoms with Crippen LogP contribution in [0.15, 0.2) is 12.2 Å². The largest absolute Gasteiger partial charge is 0.477 e. The van der Waals surface area contributed by atoms with Gasteiger partial charge in [-0.1, -0.05) is 97.6 Å². The number of unbranched alkanes of at least 4 members (excludes halogenated alkanes) is 13. The molecule has 0 saturated heterocycles. The summed E-state index contributed by atoms with van der Waals surface area (Å²) in [6.07, 6.45) is 22.6. The second-order valence-corrected chi connectivity index (χ2v) is 10.8. The fraction of sp³-hybridized carbons (Fsp3) is 0.839. The van der Waals surface area contributed by atoms with E-state index in [2.05, 4.69) is 19.1 Å². The van der Waals surface area contributed by atoms with Gasteiger partial charge < -0.3 is 15.3 Å². The summed E-state index contributed by atoms with van der Waals surface area (Å²) in [6.45, 7) is 7.62. The van der Waals surface area contributed by atoms with Crippen molar-refractivity contribution in [2.24, 2.45) is 0 Å². The Kier molecular flexibility index (Phi) is 20.9. The zero-order chi connectivity index (χ0) is 28.8. The Morgan fingerprint density at radius 3 is 1.16 bits per heavy atom. The van der Waals surface area contributed by atoms with Crippen LogP contribution in [0.1, 0.15) is 143 Å². The lowest BCUT2D eigenvalue weighted by molar-refractivity contribution is -0.973. The molecule has 3 N–H and O–H groups in total. The summed E-state index contributed by atoms with van der Waals surface area (Å²) in [5.74, 6) is -3.36. The topological polar surface area (TPSA) is 112 Å². The Hall–Kier alpha value is -1.89. The van der Waals surface area contributed by atoms with E-state index in [0.717, 1.165) is 38.5 Å². The number of aliphatic carboxylic acids is 3. The van der Waals surface area contributed by atoms with Gasteiger partial charge in [0.15, 0.2) is 18.1 Å². The van der Waals surface area contributed by atoms with Crippen LogP contribution in [-0.2, 0) is 14.4 Å². The standard InChI is InChI=1S/C31H57NO6/c1-5-9-10-11-12-13-14-15-16-17-18-19-20-21-22-23-24-25-32(26(6-2)29(33)34,27(7-3)30(35)36)28(8-4)31(37)38/h16-17,26-28H,5-15,18-25H2,1-4H3,(H2-,33,34,35,36,37,38)/p+1/b17-16+. The van der Waals surface area contributed by atoms with Crippen molar-refractivity contribution < 1.29 is 34.2 Å². The minimum atomic E-state index is -1.12. The van der Waals surface area contributed by atoms with Crippen molar-refractivity contribution in [2.75, 3.05) is 6.54 Å². The molecule has 38 heavy (non-hydrogen) atoms. The van der Waals surface area contributed by atoms with E-state index < -0.39 is 40.5 Å². The molecular formula is C31H58NO6+. The van der Waals surface area contributed by atoms with E-state index in [0.29, 0.717) is 6.42 Å². The maximum atomic E-state index is 12.2. The predicted molar refractivity (Wildman–Crippen MR) is 154 cm³/mol. The third-order valence-electron chi connectivity index (χ3n) is 8.06. The van der Waals surface area contributed by atoms with Crippen LogP contribution in [0.5, 0.6) is 0 Å². The molecule has 7 heteroatoms. The van der Waals surface area contributed by atoms with Crippen molar-refractivity contribution in [1.29, 1.82) is 0 Å². The Balaban J connectivity index is 4.70. The van der Waals surface area contributed by atoms with Gasteiger partial charge in [-0.2, -0.15) is 0 Å². The number of hydrogen-bond donors (Lipinski definition) is 3. The second-order valence-electron chi connectivity index (χ2n) is 10.8. The third-order valence-corrected chi connectivity index (χ3v) is 8.06. The Morgan fingerprint density at radius 2 is 0.842 bits per heavy atom. The molecule has 0 fully saturated rings. The molecule has 0 heterocycles. The fourth-order valence-electron chi connectivity index (χ4n) is 6.09. The smallest absolute Gasteiger partial charge is 0.362 e. The zero-order valence-corrected chi connectivity index (χ0v) is 24.8. The average molecular weight is 541 g/mol. The molecule has 0 saturated carbocycles. The summed E-state index contributed by atoms with van der Waals surface area (Å²) >= 11 is 0. The van der Waals surface area contributed by atoms with Crippen LogP contribution in [0, 0.1) is 0 Å². The van der Waals surface area contributed by atoms with Crippen molar-refractivity contribution in [1.82, 2.24) is 0 Å². The van der Waals surface area contributed by atoms with Crippen LogP contribution in [-0.4, -0.2) is 62.4 Å². The molecule has 0 bridgehead atoms. The Bertz CT molecular complexity index is 622. The van der Waals surface area contributed by atoms with E-state index >= 15 is 0 Å². The van der Waals surface area contributed by atoms with Gasteiger partial charge in [0, 0.05) is 19.3 Å². The summed E-state index contributed by atoms with van der Waals surface area (Å²) in [5.41, 5.74) is 0. The highest BCUT2D eigenvalue weighted by Crippen LogP contribution is 2.32. The van der Waals surface area contributed by atoms with Crippen LogP contribution in [0.4, 0.5) is 0 Å². The summed E-state index contributed by atoms with van der Waals surface area (Å²) in [4.78, 5) is 36.7. The van der Waals surface area contributed by atoms with Gasteiger partial charge >= 0.3 is 17.9 Å². The summed E-state index contributed by atoms with van der Waals surface area (Å²) in [5, 5.41) is 30.0. The molecule has 0 aliphatic carbocycles. The summed E-state index contributed by atoms with van der Waals surface area (Å²) in [7, 11) is 0. The maximum absolute atomic E-state index is 12.2. The van der Waals surface area contributed by atoms with Crippen molar-refractivity contribution in [2.45, 2.75) is 161 Å². The highest BCUT2D eigenvalue weighted by Gasteiger charge is 2.55. The summed E-state index contributed by atoms with van der Waals surface area (Å²) in [6, 6.07) is -3.19. The van der Waals surface area contributed by atoms with Gasteiger partial charge in [-0.05, 0) is 38.5 Å². The first-order chi connectivity index (χ1) is 18.2. The quantitative estimate of drug-likeness (QED) is 0.0586. The molecule has 0 aromatic heterocycles. The first-order valence-corrected chi connectivity index (χ1v) is 15.4. The van der Waals surface area contributed by atoms with E-state index in [-0.39, 0.29) is 25.8 Å². The third kappa shape index (κ3) is 12.8. The minimum Gasteiger partial charge on any atom is -0.477 e. The molecule has 0 amide bonds. The van der Waals surface area contributed by atoms with Gasteiger partial charge in [-0.25, -0.2) is 14.4 Å². The van der Waals surface area contributed by atoms with Gasteiger partial charge in [0.05, 0.1) is 6.54 Å². The molecule has 0 aromatic rings. The number of nitrogens with zero attached hydrogens (tertiary/aromatic N) is 1. The number of carbonyl (C=O) groups is 3. The van der Waals surface area contributed by atoms with Crippen LogP contribution < -0.4 is 0 Å². The molecule has 222 valence electrons. The molecule has 3 unspecified atom stereocenters. The lowest BCUT2D eigenvalue weighted by Gasteiger charge is -2.49. The molecule has 0 aromatic carbocycles. The highest BCUT2D eigenvalue weighted by atomic mass is 16.4. The van der Waals surface area contributed by atoms with Crippen LogP contribution in [0.2, 0.25) is 0 Å². The fourth-order valence-corrected chi connectivity index (χ4v) is 6.09. The molecule has 3 atom stereocenters. The Labute approximate surface area is 232 Å². The van der Waals surface area contributed by atoms with Gasteiger partial charge in [-0.3, -0.25) is 4.48 Å². The van der Waals surface area contributed by atoms with E-state index in [1.165, 1.54) is 51.4 Å². The molecule has 0 aliphatic rings. The van der Waals surface area contributed by atoms with Gasteiger partial charge in [0.25, 0.3) is 0 Å². The SMILES string of the molecule is CCCCCCCCC/C=C/CCCCCCCC[N+](C(CC)C(=O)O)(C(CC)C(=O)O)C(CC)C(=O)O. The molecule has 0 radical (unpaired) electrons. The molecule has 0 spiro atoms. The number of hydrogen-bond acceptors (Lipinski definition) is 3. The number of quaternary nitrogens is 1. The normalized spacial score (nSPS) is 15.7. The first-order valence-electron chi connectivity index (χ1n) is 15.4. The maximum Gasteiger partial charge on any atom is 0.362 e. The summed E-state index contributed by atoms with van der Waals surface area (Å²) < 4.78 is -0.410. The lowest BCUT2D eigenvalue weighted by Crippen LogP contribution is -2.72. The highest BCUT2D eigenvalue weighted by molar-refractivity contribution is 5.78. The molecule has 0 aliphatic heterocycles. The number of carboxylic acids is 3. The molecule has 7 nitrogen and oxygen atoms in total. The van der Waals surface area contributed by atoms with Gasteiger partial charge in [0.1, 0.15) is 0 Å². The predicted octanol–water partition coefficient (Wildman–Crippen LogP) is 7.82. The lowest BCUT2D eigenvalue weighted by atomic mass is 9.93. The number of carboxylic acid groups (broad SMARTS) is 3. The first kappa shape index (κ1) is 36.1. The molecule has 0 rings (SSSR count). The minimum absolute atomic E-state index is 0.190. The van der Waals surface area contributed by atoms with Crippen molar-refractivity contribution in [3.63, 3.8) is 0 Å². The Morgan fingerprint density at radius 1 is 0.526 bits per heavy atom. The van der Waals surface area contributed by atoms with Crippen molar-refractivity contribution >= 4 is 17.9 Å². The van der Waals surface area contributed by atoms with E-state index in [1.807, 2.05) is 0 Å². The number of allylic oxidation sites excluding steroid dienone is 2. The van der Waals surface area contributed by atoms with E-state index in [1.54, 1.807) is 20.8 Å². The number of rotatable bonds is 26. The van der Waals surface area contributed by atoms with Crippen LogP contribution in [0.3, 0.4) is 0 Å². The average Bonchev–Trinajstić information content (AvgIpc) is 2.86.